The summed E-state index contributed by atoms with van der Waals surface area (Å²) in [5.41, 5.74) is 7.53. The number of hydrogen-bond acceptors (Lipinski definition) is 3. The fourth-order valence-electron chi connectivity index (χ4n) is 1.91. The van der Waals surface area contributed by atoms with E-state index in [0.717, 1.165) is 5.56 Å². The number of nitriles is 1. The van der Waals surface area contributed by atoms with Crippen LogP contribution in [0.15, 0.2) is 24.3 Å². The fourth-order valence-corrected chi connectivity index (χ4v) is 1.91. The van der Waals surface area contributed by atoms with Crippen LogP contribution in [0.2, 0.25) is 0 Å². The van der Waals surface area contributed by atoms with Gasteiger partial charge in [-0.05, 0) is 24.1 Å². The average Bonchev–Trinajstić information content (AvgIpc) is 2.32. The second kappa shape index (κ2) is 4.33. The molecule has 1 heterocycles. The molecule has 0 aromatic heterocycles. The van der Waals surface area contributed by atoms with E-state index in [1.54, 1.807) is 12.1 Å². The molecule has 0 aliphatic carbocycles. The van der Waals surface area contributed by atoms with Crippen LogP contribution in [0, 0.1) is 11.3 Å². The zero-order valence-electron chi connectivity index (χ0n) is 8.81. The Labute approximate surface area is 94.1 Å². The van der Waals surface area contributed by atoms with Crippen LogP contribution in [-0.4, -0.2) is 11.9 Å². The summed E-state index contributed by atoms with van der Waals surface area (Å²) in [4.78, 5) is 11.3. The highest BCUT2D eigenvalue weighted by atomic mass is 16.1. The summed E-state index contributed by atoms with van der Waals surface area (Å²) < 4.78 is 0. The molecule has 1 saturated heterocycles. The quantitative estimate of drug-likeness (QED) is 0.728. The normalized spacial score (nSPS) is 24.6. The van der Waals surface area contributed by atoms with Crippen molar-refractivity contribution in [3.8, 4) is 6.07 Å². The Balaban J connectivity index is 2.22. The Kier molecular flexibility index (Phi) is 2.88. The van der Waals surface area contributed by atoms with E-state index in [9.17, 15) is 4.79 Å². The van der Waals surface area contributed by atoms with Crippen LogP contribution in [0.3, 0.4) is 0 Å². The van der Waals surface area contributed by atoms with Gasteiger partial charge in [0.25, 0.3) is 0 Å². The predicted molar refractivity (Wildman–Crippen MR) is 59.3 cm³/mol. The van der Waals surface area contributed by atoms with Crippen LogP contribution < -0.4 is 11.1 Å². The Morgan fingerprint density at radius 1 is 1.38 bits per heavy atom. The van der Waals surface area contributed by atoms with Crippen LogP contribution in [0.1, 0.15) is 30.0 Å². The van der Waals surface area contributed by atoms with Crippen molar-refractivity contribution in [3.63, 3.8) is 0 Å². The molecule has 4 nitrogen and oxygen atoms in total. The molecule has 2 atom stereocenters. The second-order valence-corrected chi connectivity index (χ2v) is 3.98. The molecule has 0 bridgehead atoms. The standard InChI is InChI=1S/C12H13N3O/c13-7-8-1-3-9(4-2-8)12-10(14)5-6-11(16)15-12/h1-4,10,12H,5-6,14H2,(H,15,16). The third-order valence-corrected chi connectivity index (χ3v) is 2.85. The van der Waals surface area contributed by atoms with Crippen molar-refractivity contribution in [2.45, 2.75) is 24.9 Å². The summed E-state index contributed by atoms with van der Waals surface area (Å²) in [5.74, 6) is 0.0380. The molecule has 1 aliphatic heterocycles. The molecular formula is C12H13N3O. The van der Waals surface area contributed by atoms with E-state index in [0.29, 0.717) is 18.4 Å². The van der Waals surface area contributed by atoms with E-state index in [1.807, 2.05) is 12.1 Å². The van der Waals surface area contributed by atoms with E-state index in [2.05, 4.69) is 11.4 Å². The Morgan fingerprint density at radius 2 is 2.06 bits per heavy atom. The molecule has 3 N–H and O–H groups in total. The van der Waals surface area contributed by atoms with Gasteiger partial charge in [-0.25, -0.2) is 0 Å². The number of nitrogens with zero attached hydrogens (tertiary/aromatic N) is 1. The lowest BCUT2D eigenvalue weighted by molar-refractivity contribution is -0.123. The number of benzene rings is 1. The maximum absolute atomic E-state index is 11.3. The first-order valence-corrected chi connectivity index (χ1v) is 5.25. The molecule has 2 rings (SSSR count). The largest absolute Gasteiger partial charge is 0.348 e. The van der Waals surface area contributed by atoms with Gasteiger partial charge in [-0.2, -0.15) is 5.26 Å². The summed E-state index contributed by atoms with van der Waals surface area (Å²) in [5, 5.41) is 11.6. The minimum atomic E-state index is -0.131. The van der Waals surface area contributed by atoms with Gasteiger partial charge in [0.15, 0.2) is 0 Å². The van der Waals surface area contributed by atoms with Crippen molar-refractivity contribution < 1.29 is 4.79 Å². The van der Waals surface area contributed by atoms with Crippen LogP contribution in [-0.2, 0) is 4.79 Å². The molecule has 1 aromatic carbocycles. The van der Waals surface area contributed by atoms with Crippen molar-refractivity contribution in [2.75, 3.05) is 0 Å². The maximum Gasteiger partial charge on any atom is 0.220 e. The van der Waals surface area contributed by atoms with Gasteiger partial charge in [0.1, 0.15) is 0 Å². The molecule has 0 spiro atoms. The molecule has 1 fully saturated rings. The number of nitrogens with two attached hydrogens (primary N) is 1. The molecule has 16 heavy (non-hydrogen) atoms. The highest BCUT2D eigenvalue weighted by molar-refractivity contribution is 5.77. The second-order valence-electron chi connectivity index (χ2n) is 3.98. The monoisotopic (exact) mass is 215 g/mol. The zero-order valence-corrected chi connectivity index (χ0v) is 8.81. The van der Waals surface area contributed by atoms with E-state index in [-0.39, 0.29) is 18.0 Å². The first-order valence-electron chi connectivity index (χ1n) is 5.25. The van der Waals surface area contributed by atoms with E-state index in [1.165, 1.54) is 0 Å². The third kappa shape index (κ3) is 2.05. The lowest BCUT2D eigenvalue weighted by atomic mass is 9.92. The van der Waals surface area contributed by atoms with Crippen LogP contribution in [0.4, 0.5) is 0 Å². The molecular weight excluding hydrogens is 202 g/mol. The lowest BCUT2D eigenvalue weighted by Crippen LogP contribution is -2.45. The van der Waals surface area contributed by atoms with Crippen molar-refractivity contribution in [1.82, 2.24) is 5.32 Å². The highest BCUT2D eigenvalue weighted by Crippen LogP contribution is 2.22. The summed E-state index contributed by atoms with van der Waals surface area (Å²) in [6.45, 7) is 0. The Hall–Kier alpha value is -1.86. The van der Waals surface area contributed by atoms with Crippen LogP contribution in [0.25, 0.3) is 0 Å². The minimum Gasteiger partial charge on any atom is -0.348 e. The molecule has 0 saturated carbocycles. The van der Waals surface area contributed by atoms with Gasteiger partial charge in [-0.3, -0.25) is 4.79 Å². The topological polar surface area (TPSA) is 78.9 Å². The molecule has 82 valence electrons. The van der Waals surface area contributed by atoms with Gasteiger partial charge in [-0.1, -0.05) is 12.1 Å². The molecule has 1 aliphatic rings. The fraction of sp³-hybridized carbons (Fsp3) is 0.333. The van der Waals surface area contributed by atoms with Crippen molar-refractivity contribution in [1.29, 1.82) is 5.26 Å². The lowest BCUT2D eigenvalue weighted by Gasteiger charge is -2.29. The minimum absolute atomic E-state index is 0.0380. The van der Waals surface area contributed by atoms with E-state index >= 15 is 0 Å². The van der Waals surface area contributed by atoms with Crippen molar-refractivity contribution in [3.05, 3.63) is 35.4 Å². The first-order chi connectivity index (χ1) is 7.70. The van der Waals surface area contributed by atoms with Crippen LogP contribution >= 0.6 is 0 Å². The van der Waals surface area contributed by atoms with Crippen molar-refractivity contribution >= 4 is 5.91 Å². The number of carbonyl (C=O) groups excluding carboxylic acids is 1. The van der Waals surface area contributed by atoms with Gasteiger partial charge in [-0.15, -0.1) is 0 Å². The predicted octanol–water partition coefficient (Wildman–Crippen LogP) is 0.837. The molecule has 1 aromatic rings. The van der Waals surface area contributed by atoms with Gasteiger partial charge in [0.05, 0.1) is 17.7 Å². The maximum atomic E-state index is 11.3. The number of hydrogen-bond donors (Lipinski definition) is 2. The van der Waals surface area contributed by atoms with Gasteiger partial charge in [0.2, 0.25) is 5.91 Å². The van der Waals surface area contributed by atoms with E-state index in [4.69, 9.17) is 11.0 Å². The summed E-state index contributed by atoms with van der Waals surface area (Å²) in [6.07, 6.45) is 1.20. The first kappa shape index (κ1) is 10.7. The summed E-state index contributed by atoms with van der Waals surface area (Å²) >= 11 is 0. The average molecular weight is 215 g/mol. The van der Waals surface area contributed by atoms with Gasteiger partial charge >= 0.3 is 0 Å². The number of carbonyl (C=O) groups is 1. The van der Waals surface area contributed by atoms with Crippen LogP contribution in [0.5, 0.6) is 0 Å². The smallest absolute Gasteiger partial charge is 0.220 e. The van der Waals surface area contributed by atoms with Gasteiger partial charge < -0.3 is 11.1 Å². The number of rotatable bonds is 1. The number of nitrogens with one attached hydrogen (secondary N) is 1. The molecule has 1 amide bonds. The Morgan fingerprint density at radius 3 is 2.69 bits per heavy atom. The highest BCUT2D eigenvalue weighted by Gasteiger charge is 2.26. The summed E-state index contributed by atoms with van der Waals surface area (Å²) in [6, 6.07) is 9.04. The van der Waals surface area contributed by atoms with E-state index < -0.39 is 0 Å². The molecule has 2 unspecified atom stereocenters. The van der Waals surface area contributed by atoms with Gasteiger partial charge in [0, 0.05) is 12.5 Å². The Bertz CT molecular complexity index is 433. The van der Waals surface area contributed by atoms with Crippen molar-refractivity contribution in [2.24, 2.45) is 5.73 Å². The third-order valence-electron chi connectivity index (χ3n) is 2.85. The summed E-state index contributed by atoms with van der Waals surface area (Å²) in [7, 11) is 0. The zero-order chi connectivity index (χ0) is 11.5. The molecule has 4 heteroatoms. The molecule has 0 radical (unpaired) electrons. The number of amides is 1. The number of piperidine rings is 1. The SMILES string of the molecule is N#Cc1ccc(C2NC(=O)CCC2N)cc1.